The van der Waals surface area contributed by atoms with Crippen LogP contribution in [0.1, 0.15) is 0 Å². The van der Waals surface area contributed by atoms with Gasteiger partial charge in [0, 0.05) is 0 Å². The molecule has 2 nitrogen and oxygen atoms in total. The van der Waals surface area contributed by atoms with Crippen LogP contribution in [-0.4, -0.2) is 10.1 Å². The monoisotopic (exact) mass is 260 g/mol. The van der Waals surface area contributed by atoms with E-state index in [2.05, 4.69) is 16.2 Å². The van der Waals surface area contributed by atoms with Gasteiger partial charge < -0.3 is 0 Å². The molecule has 58 valence electrons. The Labute approximate surface area is 74.8 Å². The van der Waals surface area contributed by atoms with E-state index in [0.29, 0.717) is 0 Å². The molecular formula is C8H7INO-. The first-order valence-electron chi connectivity index (χ1n) is 3.25. The molecule has 3 heteroatoms. The van der Waals surface area contributed by atoms with Crippen molar-refractivity contribution in [2.45, 2.75) is 0 Å². The zero-order valence-corrected chi connectivity index (χ0v) is 8.20. The van der Waals surface area contributed by atoms with Crippen LogP contribution in [0.5, 0.6) is 0 Å². The van der Waals surface area contributed by atoms with E-state index in [0.717, 1.165) is 9.28 Å². The Hall–Kier alpha value is -0.580. The van der Waals surface area contributed by atoms with E-state index in [1.165, 1.54) is 5.39 Å². The van der Waals surface area contributed by atoms with Gasteiger partial charge in [0.1, 0.15) is 0 Å². The zero-order valence-electron chi connectivity index (χ0n) is 6.04. The van der Waals surface area contributed by atoms with Crippen LogP contribution in [0.15, 0.2) is 28.8 Å². The molecule has 0 spiro atoms. The Morgan fingerprint density at radius 3 is 3.00 bits per heavy atom. The van der Waals surface area contributed by atoms with Crippen molar-refractivity contribution in [3.8, 4) is 0 Å². The van der Waals surface area contributed by atoms with E-state index in [1.54, 1.807) is 0 Å². The summed E-state index contributed by atoms with van der Waals surface area (Å²) in [5, 5.41) is 5.17. The number of fused-ring (bicyclic) bond motifs is 1. The molecule has 0 aliphatic heterocycles. The molecule has 0 bridgehead atoms. The molecule has 1 aromatic carbocycles. The van der Waals surface area contributed by atoms with E-state index in [4.69, 9.17) is 4.52 Å². The Bertz CT molecular complexity index is 369. The summed E-state index contributed by atoms with van der Waals surface area (Å²) in [6.45, 7) is 0. The Morgan fingerprint density at radius 2 is 2.18 bits per heavy atom. The van der Waals surface area contributed by atoms with E-state index in [1.807, 2.05) is 18.2 Å². The topological polar surface area (TPSA) is 26.0 Å². The van der Waals surface area contributed by atoms with Crippen LogP contribution >= 0.6 is 0 Å². The molecule has 0 atom stereocenters. The van der Waals surface area contributed by atoms with Gasteiger partial charge in [-0.1, -0.05) is 0 Å². The minimum atomic E-state index is 0.0399. The first kappa shape index (κ1) is 7.09. The molecule has 0 unspecified atom stereocenters. The Balaban J connectivity index is 2.76. The molecule has 0 N–H and O–H groups in total. The molecule has 0 saturated heterocycles. The maximum atomic E-state index is 5.12. The quantitative estimate of drug-likeness (QED) is 0.471. The maximum absolute atomic E-state index is 5.12. The number of nitrogens with zero attached hydrogens (tertiary/aromatic N) is 1. The van der Waals surface area contributed by atoms with Crippen LogP contribution in [0.2, 0.25) is 0 Å². The molecule has 0 aliphatic carbocycles. The van der Waals surface area contributed by atoms with Crippen molar-refractivity contribution in [2.24, 2.45) is 0 Å². The fraction of sp³-hybridized carbons (Fsp3) is 0.125. The van der Waals surface area contributed by atoms with Crippen molar-refractivity contribution < 1.29 is 25.7 Å². The summed E-state index contributed by atoms with van der Waals surface area (Å²) in [5.74, 6) is 0. The molecule has 11 heavy (non-hydrogen) atoms. The number of rotatable bonds is 1. The van der Waals surface area contributed by atoms with Gasteiger partial charge in [0.15, 0.2) is 0 Å². The Morgan fingerprint density at radius 1 is 1.36 bits per heavy atom. The summed E-state index contributed by atoms with van der Waals surface area (Å²) in [4.78, 5) is 2.18. The molecule has 0 amide bonds. The number of hydrogen-bond acceptors (Lipinski definition) is 2. The van der Waals surface area contributed by atoms with Gasteiger partial charge in [-0.3, -0.25) is 0 Å². The first-order chi connectivity index (χ1) is 5.42. The number of aromatic nitrogens is 1. The number of benzene rings is 1. The second kappa shape index (κ2) is 2.81. The summed E-state index contributed by atoms with van der Waals surface area (Å²) in [6, 6.07) is 7.99. The molecular weight excluding hydrogens is 253 g/mol. The van der Waals surface area contributed by atoms with Gasteiger partial charge in [0.25, 0.3) is 0 Å². The van der Waals surface area contributed by atoms with Gasteiger partial charge >= 0.3 is 74.8 Å². The van der Waals surface area contributed by atoms with Crippen molar-refractivity contribution in [3.63, 3.8) is 0 Å². The van der Waals surface area contributed by atoms with Gasteiger partial charge in [-0.25, -0.2) is 0 Å². The second-order valence-electron chi connectivity index (χ2n) is 2.16. The summed E-state index contributed by atoms with van der Waals surface area (Å²) in [7, 11) is 0. The van der Waals surface area contributed by atoms with Gasteiger partial charge in [-0.05, 0) is 0 Å². The van der Waals surface area contributed by atoms with Crippen LogP contribution in [0.3, 0.4) is 0 Å². The molecule has 0 saturated carbocycles. The van der Waals surface area contributed by atoms with Gasteiger partial charge in [-0.2, -0.15) is 0 Å². The zero-order chi connectivity index (χ0) is 7.68. The van der Waals surface area contributed by atoms with Crippen LogP contribution in [-0.2, 0) is 0 Å². The molecule has 0 fully saturated rings. The predicted molar refractivity (Wildman–Crippen MR) is 38.6 cm³/mol. The summed E-state index contributed by atoms with van der Waals surface area (Å²) < 4.78 is 6.27. The van der Waals surface area contributed by atoms with Crippen molar-refractivity contribution in [1.29, 1.82) is 0 Å². The van der Waals surface area contributed by atoms with Crippen molar-refractivity contribution in [1.82, 2.24) is 5.16 Å². The second-order valence-corrected chi connectivity index (χ2v) is 4.26. The predicted octanol–water partition coefficient (Wildman–Crippen LogP) is -1.28. The number of hydrogen-bond donors (Lipinski definition) is 0. The molecule has 2 aromatic rings. The average molecular weight is 260 g/mol. The number of alkyl halides is 1. The summed E-state index contributed by atoms with van der Waals surface area (Å²) in [6.07, 6.45) is 0. The standard InChI is InChI=1S/C8H7INO/c1-9-8-6-4-2-3-5-7(6)11-10-8/h2-5H,1H3/q-1. The third-order valence-corrected chi connectivity index (χ3v) is 3.31. The first-order valence-corrected chi connectivity index (χ1v) is 6.49. The fourth-order valence-electron chi connectivity index (χ4n) is 0.991. The molecule has 2 rings (SSSR count). The van der Waals surface area contributed by atoms with Crippen LogP contribution in [0, 0.1) is 3.70 Å². The summed E-state index contributed by atoms with van der Waals surface area (Å²) in [5.41, 5.74) is 0.907. The van der Waals surface area contributed by atoms with E-state index in [9.17, 15) is 0 Å². The SMILES string of the molecule is C[I-]c1noc2ccccc12. The van der Waals surface area contributed by atoms with E-state index < -0.39 is 0 Å². The molecule has 1 heterocycles. The third kappa shape index (κ3) is 1.13. The van der Waals surface area contributed by atoms with Crippen molar-refractivity contribution in [3.05, 3.63) is 28.0 Å². The van der Waals surface area contributed by atoms with Crippen LogP contribution in [0.4, 0.5) is 0 Å². The fourth-order valence-corrected chi connectivity index (χ4v) is 2.31. The van der Waals surface area contributed by atoms with Crippen LogP contribution < -0.4 is 21.2 Å². The summed E-state index contributed by atoms with van der Waals surface area (Å²) >= 11 is 0.0399. The third-order valence-electron chi connectivity index (χ3n) is 1.51. The normalized spacial score (nSPS) is 11.0. The minimum absolute atomic E-state index is 0.0399. The van der Waals surface area contributed by atoms with Gasteiger partial charge in [0.05, 0.1) is 0 Å². The van der Waals surface area contributed by atoms with E-state index >= 15 is 0 Å². The molecule has 0 aliphatic rings. The average Bonchev–Trinajstić information content (AvgIpc) is 2.47. The van der Waals surface area contributed by atoms with Crippen molar-refractivity contribution >= 4 is 11.0 Å². The van der Waals surface area contributed by atoms with Gasteiger partial charge in [-0.15, -0.1) is 0 Å². The Kier molecular flexibility index (Phi) is 1.81. The van der Waals surface area contributed by atoms with Crippen LogP contribution in [0.25, 0.3) is 11.0 Å². The van der Waals surface area contributed by atoms with Gasteiger partial charge in [0.2, 0.25) is 0 Å². The van der Waals surface area contributed by atoms with E-state index in [-0.39, 0.29) is 21.2 Å². The molecule has 1 aromatic heterocycles. The molecule has 0 radical (unpaired) electrons. The number of para-hydroxylation sites is 1. The van der Waals surface area contributed by atoms with Crippen molar-refractivity contribution in [2.75, 3.05) is 4.93 Å². The number of halogens is 1.